The first-order valence-corrected chi connectivity index (χ1v) is 2.28. The molecule has 0 radical (unpaired) electrons. The number of aliphatic hydroxyl groups is 1. The summed E-state index contributed by atoms with van der Waals surface area (Å²) >= 11 is 0. The molecule has 0 aliphatic carbocycles. The molecule has 0 aliphatic rings. The van der Waals surface area contributed by atoms with Crippen LogP contribution in [0.2, 0.25) is 0 Å². The maximum absolute atomic E-state index is 9.74. The first-order chi connectivity index (χ1) is 4.54. The van der Waals surface area contributed by atoms with E-state index in [9.17, 15) is 9.59 Å². The molecular weight excluding hydrogens is 144 g/mol. The Balaban J connectivity index is 3.49. The predicted octanol–water partition coefficient (Wildman–Crippen LogP) is -1.51. The van der Waals surface area contributed by atoms with Gasteiger partial charge >= 0.3 is 11.9 Å². The fourth-order valence-corrected chi connectivity index (χ4v) is 0.222. The van der Waals surface area contributed by atoms with Crippen molar-refractivity contribution in [3.63, 3.8) is 0 Å². The van der Waals surface area contributed by atoms with Gasteiger partial charge < -0.3 is 20.1 Å². The van der Waals surface area contributed by atoms with Crippen molar-refractivity contribution >= 4 is 11.9 Å². The highest BCUT2D eigenvalue weighted by atomic mass is 16.6. The fourth-order valence-electron chi connectivity index (χ4n) is 0.222. The normalized spacial score (nSPS) is 12.5. The van der Waals surface area contributed by atoms with E-state index >= 15 is 0 Å². The third-order valence-electron chi connectivity index (χ3n) is 0.576. The predicted molar refractivity (Wildman–Crippen MR) is 27.2 cm³/mol. The van der Waals surface area contributed by atoms with Gasteiger partial charge in [-0.05, 0) is 0 Å². The molecule has 0 aromatic heterocycles. The number of hydrogen-bond donors (Lipinski definition) is 3. The lowest BCUT2D eigenvalue weighted by molar-refractivity contribution is -0.180. The zero-order valence-corrected chi connectivity index (χ0v) is 4.85. The van der Waals surface area contributed by atoms with E-state index in [4.69, 9.17) is 15.3 Å². The van der Waals surface area contributed by atoms with Crippen LogP contribution in [0.4, 0.5) is 0 Å². The molecule has 0 spiro atoms. The minimum absolute atomic E-state index is 0.826. The van der Waals surface area contributed by atoms with Gasteiger partial charge in [0.1, 0.15) is 6.61 Å². The summed E-state index contributed by atoms with van der Waals surface area (Å²) in [5.41, 5.74) is 0. The molecule has 0 bridgehead atoms. The maximum atomic E-state index is 9.74. The molecule has 0 aliphatic heterocycles. The van der Waals surface area contributed by atoms with E-state index in [1.54, 1.807) is 0 Å². The van der Waals surface area contributed by atoms with E-state index in [1.165, 1.54) is 0 Å². The number of carbonyl (C=O) groups is 2. The van der Waals surface area contributed by atoms with E-state index in [0.717, 1.165) is 0 Å². The third kappa shape index (κ3) is 3.81. The highest BCUT2D eigenvalue weighted by Crippen LogP contribution is 1.85. The molecule has 0 saturated heterocycles. The second kappa shape index (κ2) is 3.80. The summed E-state index contributed by atoms with van der Waals surface area (Å²) in [6.07, 6.45) is -2.06. The summed E-state index contributed by atoms with van der Waals surface area (Å²) in [7, 11) is 0. The van der Waals surface area contributed by atoms with Crippen LogP contribution in [0, 0.1) is 0 Å². The highest BCUT2D eigenvalue weighted by molar-refractivity contribution is 5.72. The van der Waals surface area contributed by atoms with Crippen molar-refractivity contribution in [2.24, 2.45) is 0 Å². The van der Waals surface area contributed by atoms with E-state index < -0.39 is 24.8 Å². The van der Waals surface area contributed by atoms with Crippen molar-refractivity contribution in [1.82, 2.24) is 0 Å². The van der Waals surface area contributed by atoms with Gasteiger partial charge in [-0.25, -0.2) is 9.59 Å². The van der Waals surface area contributed by atoms with Crippen molar-refractivity contribution in [3.8, 4) is 0 Å². The van der Waals surface area contributed by atoms with Crippen LogP contribution < -0.4 is 0 Å². The van der Waals surface area contributed by atoms with Crippen LogP contribution in [0.15, 0.2) is 0 Å². The summed E-state index contributed by atoms with van der Waals surface area (Å²) in [4.78, 5) is 19.4. The molecule has 58 valence electrons. The SMILES string of the molecule is O=C(O)COC(O)C(=O)O. The molecular formula is C4H6O6. The second-order valence-corrected chi connectivity index (χ2v) is 1.40. The first kappa shape index (κ1) is 8.86. The third-order valence-corrected chi connectivity index (χ3v) is 0.576. The topological polar surface area (TPSA) is 104 Å². The molecule has 0 fully saturated rings. The van der Waals surface area contributed by atoms with Gasteiger partial charge in [0, 0.05) is 0 Å². The van der Waals surface area contributed by atoms with E-state index in [1.807, 2.05) is 0 Å². The molecule has 0 saturated carbocycles. The van der Waals surface area contributed by atoms with Crippen molar-refractivity contribution < 1.29 is 29.6 Å². The van der Waals surface area contributed by atoms with Gasteiger partial charge in [0.2, 0.25) is 0 Å². The number of carboxylic acid groups (broad SMARTS) is 2. The number of rotatable bonds is 4. The number of hydrogen-bond acceptors (Lipinski definition) is 4. The number of carboxylic acids is 2. The number of aliphatic carboxylic acids is 2. The van der Waals surface area contributed by atoms with Crippen LogP contribution in [0.1, 0.15) is 0 Å². The molecule has 0 amide bonds. The second-order valence-electron chi connectivity index (χ2n) is 1.40. The standard InChI is InChI=1S/C4H6O6/c5-2(6)1-10-4(9)3(7)8/h4,9H,1H2,(H,5,6)(H,7,8). The Hall–Kier alpha value is -1.14. The molecule has 3 N–H and O–H groups in total. The van der Waals surface area contributed by atoms with Crippen molar-refractivity contribution in [1.29, 1.82) is 0 Å². The lowest BCUT2D eigenvalue weighted by Crippen LogP contribution is -2.25. The summed E-state index contributed by atoms with van der Waals surface area (Å²) in [5.74, 6) is -2.94. The van der Waals surface area contributed by atoms with Crippen LogP contribution in [-0.4, -0.2) is 40.2 Å². The molecule has 0 aromatic rings. The smallest absolute Gasteiger partial charge is 0.360 e. The summed E-state index contributed by atoms with van der Waals surface area (Å²) < 4.78 is 3.92. The molecule has 6 nitrogen and oxygen atoms in total. The van der Waals surface area contributed by atoms with Crippen molar-refractivity contribution in [2.45, 2.75) is 6.29 Å². The van der Waals surface area contributed by atoms with Gasteiger partial charge in [0.15, 0.2) is 0 Å². The Bertz CT molecular complexity index is 141. The Morgan fingerprint density at radius 2 is 1.90 bits per heavy atom. The van der Waals surface area contributed by atoms with Crippen LogP contribution in [0.25, 0.3) is 0 Å². The van der Waals surface area contributed by atoms with E-state index in [2.05, 4.69) is 4.74 Å². The Morgan fingerprint density at radius 1 is 1.40 bits per heavy atom. The van der Waals surface area contributed by atoms with Gasteiger partial charge in [-0.1, -0.05) is 0 Å². The quantitative estimate of drug-likeness (QED) is 0.421. The molecule has 0 heterocycles. The van der Waals surface area contributed by atoms with Crippen molar-refractivity contribution in [2.75, 3.05) is 6.61 Å². The average molecular weight is 150 g/mol. The number of aliphatic hydroxyl groups excluding tert-OH is 1. The monoisotopic (exact) mass is 150 g/mol. The summed E-state index contributed by atoms with van der Waals surface area (Å²) in [5, 5.41) is 24.1. The van der Waals surface area contributed by atoms with Crippen LogP contribution >= 0.6 is 0 Å². The first-order valence-electron chi connectivity index (χ1n) is 2.28. The van der Waals surface area contributed by atoms with Crippen molar-refractivity contribution in [3.05, 3.63) is 0 Å². The van der Waals surface area contributed by atoms with Crippen LogP contribution in [0.5, 0.6) is 0 Å². The highest BCUT2D eigenvalue weighted by Gasteiger charge is 2.14. The van der Waals surface area contributed by atoms with Crippen LogP contribution in [0.3, 0.4) is 0 Å². The van der Waals surface area contributed by atoms with Gasteiger partial charge in [0.25, 0.3) is 6.29 Å². The molecule has 10 heavy (non-hydrogen) atoms. The Kier molecular flexibility index (Phi) is 3.37. The molecule has 1 atom stereocenters. The maximum Gasteiger partial charge on any atom is 0.360 e. The van der Waals surface area contributed by atoms with Gasteiger partial charge in [-0.15, -0.1) is 0 Å². The Morgan fingerprint density at radius 3 is 2.20 bits per heavy atom. The molecule has 0 aromatic carbocycles. The van der Waals surface area contributed by atoms with Gasteiger partial charge in [0.05, 0.1) is 0 Å². The average Bonchev–Trinajstić information content (AvgIpc) is 1.82. The minimum atomic E-state index is -2.06. The molecule has 1 unspecified atom stereocenters. The lowest BCUT2D eigenvalue weighted by Gasteiger charge is -2.02. The summed E-state index contributed by atoms with van der Waals surface area (Å²) in [6, 6.07) is 0. The molecule has 0 rings (SSSR count). The van der Waals surface area contributed by atoms with Crippen LogP contribution in [-0.2, 0) is 14.3 Å². The van der Waals surface area contributed by atoms with E-state index in [0.29, 0.717) is 0 Å². The van der Waals surface area contributed by atoms with Gasteiger partial charge in [-0.3, -0.25) is 0 Å². The van der Waals surface area contributed by atoms with E-state index in [-0.39, 0.29) is 0 Å². The lowest BCUT2D eigenvalue weighted by atomic mass is 10.6. The largest absolute Gasteiger partial charge is 0.480 e. The Labute approximate surface area is 55.7 Å². The summed E-state index contributed by atoms with van der Waals surface area (Å²) in [6.45, 7) is -0.826. The number of ether oxygens (including phenoxy) is 1. The van der Waals surface area contributed by atoms with Gasteiger partial charge in [-0.2, -0.15) is 0 Å². The zero-order chi connectivity index (χ0) is 8.15. The zero-order valence-electron chi connectivity index (χ0n) is 4.85. The molecule has 6 heteroatoms. The minimum Gasteiger partial charge on any atom is -0.480 e. The fraction of sp³-hybridized carbons (Fsp3) is 0.500.